The van der Waals surface area contributed by atoms with Crippen LogP contribution in [0.15, 0.2) is 89.1 Å². The molecule has 39 heavy (non-hydrogen) atoms. The van der Waals surface area contributed by atoms with Gasteiger partial charge in [0.1, 0.15) is 18.3 Å². The number of carbonyl (C=O) groups is 2. The van der Waals surface area contributed by atoms with Gasteiger partial charge in [-0.05, 0) is 60.2 Å². The van der Waals surface area contributed by atoms with Crippen molar-refractivity contribution in [1.82, 2.24) is 0 Å². The Morgan fingerprint density at radius 3 is 2.46 bits per heavy atom. The van der Waals surface area contributed by atoms with E-state index < -0.39 is 17.8 Å². The van der Waals surface area contributed by atoms with Gasteiger partial charge in [-0.25, -0.2) is 0 Å². The molecule has 0 saturated heterocycles. The molecule has 0 saturated carbocycles. The number of ketones is 1. The second-order valence-corrected chi connectivity index (χ2v) is 10.1. The summed E-state index contributed by atoms with van der Waals surface area (Å²) in [5.74, 6) is 0.354. The zero-order valence-corrected chi connectivity index (χ0v) is 21.9. The molecule has 0 amide bonds. The van der Waals surface area contributed by atoms with Gasteiger partial charge >= 0.3 is 5.97 Å². The van der Waals surface area contributed by atoms with Gasteiger partial charge in [0.15, 0.2) is 17.3 Å². The smallest absolute Gasteiger partial charge is 0.315 e. The van der Waals surface area contributed by atoms with Gasteiger partial charge in [-0.1, -0.05) is 48.5 Å². The number of fused-ring (bicyclic) bond motifs is 1. The second-order valence-electron chi connectivity index (χ2n) is 10.1. The number of methoxy groups -OCH3 is 1. The molecule has 0 radical (unpaired) electrons. The summed E-state index contributed by atoms with van der Waals surface area (Å²) in [6.45, 7) is 2.14. The van der Waals surface area contributed by atoms with Crippen molar-refractivity contribution in [2.45, 2.75) is 38.2 Å². The molecule has 7 nitrogen and oxygen atoms in total. The number of allylic oxidation sites excluding steroid dienone is 2. The molecule has 2 heterocycles. The Hall–Kier alpha value is -4.39. The van der Waals surface area contributed by atoms with E-state index in [4.69, 9.17) is 23.9 Å². The first-order chi connectivity index (χ1) is 19.0. The Morgan fingerprint density at radius 1 is 0.949 bits per heavy atom. The summed E-state index contributed by atoms with van der Waals surface area (Å²) >= 11 is 0. The Morgan fingerprint density at radius 2 is 1.69 bits per heavy atom. The third kappa shape index (κ3) is 4.80. The van der Waals surface area contributed by atoms with Gasteiger partial charge in [-0.3, -0.25) is 14.6 Å². The lowest BCUT2D eigenvalue weighted by Crippen LogP contribution is -2.38. The van der Waals surface area contributed by atoms with E-state index in [2.05, 4.69) is 0 Å². The molecule has 3 aromatic carbocycles. The molecule has 1 aliphatic carbocycles. The number of hydrogen-bond donors (Lipinski definition) is 0. The lowest BCUT2D eigenvalue weighted by Gasteiger charge is -2.36. The first-order valence-electron chi connectivity index (χ1n) is 13.1. The Bertz CT molecular complexity index is 1470. The molecule has 0 bridgehead atoms. The summed E-state index contributed by atoms with van der Waals surface area (Å²) in [5, 5.41) is 0. The zero-order valence-electron chi connectivity index (χ0n) is 21.9. The van der Waals surface area contributed by atoms with Crippen LogP contribution in [0.2, 0.25) is 0 Å². The van der Waals surface area contributed by atoms with Gasteiger partial charge in [0, 0.05) is 29.3 Å². The minimum atomic E-state index is -0.727. The number of Topliss-reactive ketones (excluding diaryl/α,β-unsaturated/α-hetero) is 1. The summed E-state index contributed by atoms with van der Waals surface area (Å²) in [5.41, 5.74) is 4.72. The van der Waals surface area contributed by atoms with Crippen LogP contribution < -0.4 is 14.2 Å². The number of hydrogen-bond acceptors (Lipinski definition) is 7. The van der Waals surface area contributed by atoms with Gasteiger partial charge in [0.2, 0.25) is 6.79 Å². The van der Waals surface area contributed by atoms with Crippen molar-refractivity contribution in [3.63, 3.8) is 0 Å². The van der Waals surface area contributed by atoms with E-state index in [0.717, 1.165) is 28.1 Å². The first kappa shape index (κ1) is 24.9. The quantitative estimate of drug-likeness (QED) is 0.383. The molecule has 3 aliphatic rings. The molecule has 198 valence electrons. The molecule has 0 fully saturated rings. The molecule has 1 unspecified atom stereocenters. The largest absolute Gasteiger partial charge is 0.497 e. The van der Waals surface area contributed by atoms with Crippen LogP contribution in [0.4, 0.5) is 0 Å². The Balaban J connectivity index is 1.36. The first-order valence-corrected chi connectivity index (χ1v) is 13.1. The van der Waals surface area contributed by atoms with Crippen molar-refractivity contribution in [2.75, 3.05) is 13.9 Å². The molecule has 7 heteroatoms. The molecule has 3 atom stereocenters. The second kappa shape index (κ2) is 10.4. The Kier molecular flexibility index (Phi) is 6.65. The van der Waals surface area contributed by atoms with Gasteiger partial charge < -0.3 is 18.9 Å². The van der Waals surface area contributed by atoms with Crippen LogP contribution in [0.25, 0.3) is 0 Å². The average molecular weight is 524 g/mol. The van der Waals surface area contributed by atoms with Crippen molar-refractivity contribution in [3.8, 4) is 17.2 Å². The summed E-state index contributed by atoms with van der Waals surface area (Å²) < 4.78 is 22.2. The third-order valence-corrected chi connectivity index (χ3v) is 7.71. The highest BCUT2D eigenvalue weighted by Gasteiger charge is 2.45. The van der Waals surface area contributed by atoms with E-state index in [1.165, 1.54) is 0 Å². The zero-order chi connectivity index (χ0) is 26.9. The van der Waals surface area contributed by atoms with Crippen LogP contribution >= 0.6 is 0 Å². The molecular formula is C32H29NO6. The highest BCUT2D eigenvalue weighted by atomic mass is 16.7. The van der Waals surface area contributed by atoms with E-state index in [1.807, 2.05) is 79.7 Å². The van der Waals surface area contributed by atoms with Crippen LogP contribution in [-0.4, -0.2) is 31.4 Å². The fourth-order valence-corrected chi connectivity index (χ4v) is 5.76. The number of aliphatic imine (C=N–C) groups is 1. The predicted octanol–water partition coefficient (Wildman–Crippen LogP) is 5.74. The van der Waals surface area contributed by atoms with Gasteiger partial charge in [0.05, 0.1) is 7.11 Å². The fraction of sp³-hybridized carbons (Fsp3) is 0.281. The monoisotopic (exact) mass is 523 g/mol. The lowest BCUT2D eigenvalue weighted by molar-refractivity contribution is -0.148. The van der Waals surface area contributed by atoms with E-state index in [9.17, 15) is 9.59 Å². The minimum Gasteiger partial charge on any atom is -0.497 e. The maximum absolute atomic E-state index is 13.8. The highest BCUT2D eigenvalue weighted by Crippen LogP contribution is 2.48. The van der Waals surface area contributed by atoms with Crippen molar-refractivity contribution in [3.05, 3.63) is 101 Å². The van der Waals surface area contributed by atoms with Crippen LogP contribution in [0, 0.1) is 5.92 Å². The van der Waals surface area contributed by atoms with Crippen LogP contribution in [0.1, 0.15) is 48.3 Å². The molecule has 0 aromatic heterocycles. The van der Waals surface area contributed by atoms with Crippen molar-refractivity contribution < 1.29 is 28.5 Å². The standard InChI is InChI=1S/C32H29NO6/c1-19-29(32(35)37-17-20-6-4-3-5-7-20)30(22-10-13-27-28(16-22)39-18-38-27)31-25(33-19)14-23(15-26(31)34)21-8-11-24(36-2)12-9-21/h3-13,16,23,29-30H,14-15,17-18H2,1-2H3/t23-,29?,30-/m1/s1. The highest BCUT2D eigenvalue weighted by molar-refractivity contribution is 6.09. The molecule has 3 aromatic rings. The number of esters is 1. The summed E-state index contributed by atoms with van der Waals surface area (Å²) in [6, 6.07) is 23.0. The molecule has 6 rings (SSSR count). The topological polar surface area (TPSA) is 83.4 Å². The Labute approximate surface area is 227 Å². The van der Waals surface area contributed by atoms with Crippen molar-refractivity contribution in [1.29, 1.82) is 0 Å². The maximum atomic E-state index is 13.8. The number of carbonyl (C=O) groups excluding carboxylic acids is 2. The SMILES string of the molecule is COc1ccc([C@H]2CC(=O)C3=C(C2)N=C(C)C(C(=O)OCc2ccccc2)[C@H]3c2ccc3c(c2)OCO3)cc1. The molecule has 0 N–H and O–H groups in total. The fourth-order valence-electron chi connectivity index (χ4n) is 5.76. The molecular weight excluding hydrogens is 494 g/mol. The van der Waals surface area contributed by atoms with Crippen LogP contribution in [0.5, 0.6) is 17.2 Å². The number of nitrogens with zero attached hydrogens (tertiary/aromatic N) is 1. The van der Waals surface area contributed by atoms with E-state index in [-0.39, 0.29) is 25.1 Å². The minimum absolute atomic E-state index is 0.00214. The van der Waals surface area contributed by atoms with Crippen molar-refractivity contribution >= 4 is 17.5 Å². The number of ether oxygens (including phenoxy) is 4. The van der Waals surface area contributed by atoms with Crippen LogP contribution in [-0.2, 0) is 20.9 Å². The maximum Gasteiger partial charge on any atom is 0.315 e. The number of rotatable bonds is 6. The van der Waals surface area contributed by atoms with E-state index in [1.54, 1.807) is 7.11 Å². The van der Waals surface area contributed by atoms with Crippen molar-refractivity contribution in [2.24, 2.45) is 10.9 Å². The average Bonchev–Trinajstić information content (AvgIpc) is 3.44. The van der Waals surface area contributed by atoms with E-state index in [0.29, 0.717) is 35.6 Å². The third-order valence-electron chi connectivity index (χ3n) is 7.71. The van der Waals surface area contributed by atoms with Crippen LogP contribution in [0.3, 0.4) is 0 Å². The summed E-state index contributed by atoms with van der Waals surface area (Å²) in [6.07, 6.45) is 0.949. The van der Waals surface area contributed by atoms with E-state index >= 15 is 0 Å². The van der Waals surface area contributed by atoms with Gasteiger partial charge in [-0.2, -0.15) is 0 Å². The summed E-state index contributed by atoms with van der Waals surface area (Å²) in [4.78, 5) is 32.3. The van der Waals surface area contributed by atoms with Gasteiger partial charge in [-0.15, -0.1) is 0 Å². The molecule has 0 spiro atoms. The lowest BCUT2D eigenvalue weighted by atomic mass is 9.69. The summed E-state index contributed by atoms with van der Waals surface area (Å²) in [7, 11) is 1.63. The number of benzene rings is 3. The van der Waals surface area contributed by atoms with Gasteiger partial charge in [0.25, 0.3) is 0 Å². The normalized spacial score (nSPS) is 21.7. The molecule has 2 aliphatic heterocycles. The predicted molar refractivity (Wildman–Crippen MR) is 145 cm³/mol.